The SMILES string of the molecule is C[C@H]1CN(S(=O)(=O)N2CCN(CCC(=O)Nc3ccccc3F)CC2)C[C@H](C)O1. The van der Waals surface area contributed by atoms with Crippen molar-refractivity contribution >= 4 is 21.8 Å². The number of morpholine rings is 1. The highest BCUT2D eigenvalue weighted by Gasteiger charge is 2.36. The Balaban J connectivity index is 1.45. The molecule has 0 unspecified atom stereocenters. The first-order chi connectivity index (χ1) is 13.8. The summed E-state index contributed by atoms with van der Waals surface area (Å²) in [6, 6.07) is 6.04. The van der Waals surface area contributed by atoms with Gasteiger partial charge in [-0.1, -0.05) is 12.1 Å². The maximum Gasteiger partial charge on any atom is 0.282 e. The van der Waals surface area contributed by atoms with Crippen LogP contribution in [0.2, 0.25) is 0 Å². The lowest BCUT2D eigenvalue weighted by Gasteiger charge is -2.40. The van der Waals surface area contributed by atoms with Crippen LogP contribution in [0, 0.1) is 5.82 Å². The third kappa shape index (κ3) is 5.73. The van der Waals surface area contributed by atoms with Gasteiger partial charge in [0.05, 0.1) is 17.9 Å². The molecule has 2 aliphatic rings. The van der Waals surface area contributed by atoms with E-state index in [-0.39, 0.29) is 30.2 Å². The quantitative estimate of drug-likeness (QED) is 0.735. The summed E-state index contributed by atoms with van der Waals surface area (Å²) in [6.45, 7) is 6.87. The molecule has 0 radical (unpaired) electrons. The number of para-hydroxylation sites is 1. The molecule has 1 aromatic carbocycles. The molecule has 162 valence electrons. The number of hydrogen-bond acceptors (Lipinski definition) is 5. The number of benzene rings is 1. The Kier molecular flexibility index (Phi) is 7.23. The van der Waals surface area contributed by atoms with E-state index < -0.39 is 16.0 Å². The van der Waals surface area contributed by atoms with Crippen LogP contribution < -0.4 is 5.32 Å². The number of nitrogens with one attached hydrogen (secondary N) is 1. The molecular weight excluding hydrogens is 399 g/mol. The first kappa shape index (κ1) is 22.1. The van der Waals surface area contributed by atoms with Gasteiger partial charge in [-0.15, -0.1) is 0 Å². The normalized spacial score (nSPS) is 25.1. The Morgan fingerprint density at radius 1 is 1.10 bits per heavy atom. The van der Waals surface area contributed by atoms with E-state index in [1.54, 1.807) is 12.1 Å². The van der Waals surface area contributed by atoms with Gasteiger partial charge in [0.1, 0.15) is 5.82 Å². The molecule has 0 saturated carbocycles. The lowest BCUT2D eigenvalue weighted by atomic mass is 10.2. The van der Waals surface area contributed by atoms with Crippen molar-refractivity contribution in [3.05, 3.63) is 30.1 Å². The lowest BCUT2D eigenvalue weighted by molar-refractivity contribution is -0.116. The number of carbonyl (C=O) groups excluding carboxylic acids is 1. The summed E-state index contributed by atoms with van der Waals surface area (Å²) in [5.74, 6) is -0.729. The van der Waals surface area contributed by atoms with E-state index in [4.69, 9.17) is 4.74 Å². The maximum atomic E-state index is 13.6. The molecule has 2 aliphatic heterocycles. The average molecular weight is 429 g/mol. The summed E-state index contributed by atoms with van der Waals surface area (Å²) in [5.41, 5.74) is 0.169. The Labute approximate surface area is 171 Å². The van der Waals surface area contributed by atoms with E-state index >= 15 is 0 Å². The van der Waals surface area contributed by atoms with Crippen molar-refractivity contribution in [2.24, 2.45) is 0 Å². The molecule has 2 fully saturated rings. The van der Waals surface area contributed by atoms with Gasteiger partial charge in [0, 0.05) is 52.2 Å². The molecule has 2 saturated heterocycles. The predicted molar refractivity (Wildman–Crippen MR) is 108 cm³/mol. The van der Waals surface area contributed by atoms with Crippen molar-refractivity contribution in [1.82, 2.24) is 13.5 Å². The zero-order chi connectivity index (χ0) is 21.0. The molecular formula is C19H29FN4O4S. The van der Waals surface area contributed by atoms with E-state index in [0.29, 0.717) is 45.8 Å². The van der Waals surface area contributed by atoms with Crippen LogP contribution in [-0.2, 0) is 19.7 Å². The Hall–Kier alpha value is -1.59. The molecule has 0 aromatic heterocycles. The summed E-state index contributed by atoms with van der Waals surface area (Å²) in [4.78, 5) is 14.1. The summed E-state index contributed by atoms with van der Waals surface area (Å²) in [7, 11) is -3.51. The molecule has 2 heterocycles. The molecule has 8 nitrogen and oxygen atoms in total. The van der Waals surface area contributed by atoms with Crippen LogP contribution in [0.3, 0.4) is 0 Å². The van der Waals surface area contributed by atoms with E-state index in [1.165, 1.54) is 20.7 Å². The number of amides is 1. The van der Waals surface area contributed by atoms with E-state index in [2.05, 4.69) is 10.2 Å². The van der Waals surface area contributed by atoms with Crippen LogP contribution in [0.4, 0.5) is 10.1 Å². The van der Waals surface area contributed by atoms with Gasteiger partial charge in [0.25, 0.3) is 10.2 Å². The van der Waals surface area contributed by atoms with Crippen molar-refractivity contribution in [3.8, 4) is 0 Å². The summed E-state index contributed by atoms with van der Waals surface area (Å²) in [5, 5.41) is 2.57. The smallest absolute Gasteiger partial charge is 0.282 e. The highest BCUT2D eigenvalue weighted by molar-refractivity contribution is 7.86. The molecule has 3 rings (SSSR count). The van der Waals surface area contributed by atoms with Crippen LogP contribution in [-0.4, -0.2) is 85.9 Å². The first-order valence-corrected chi connectivity index (χ1v) is 11.3. The molecule has 0 bridgehead atoms. The Morgan fingerprint density at radius 3 is 2.34 bits per heavy atom. The van der Waals surface area contributed by atoms with Gasteiger partial charge in [-0.2, -0.15) is 17.0 Å². The van der Waals surface area contributed by atoms with Crippen molar-refractivity contribution in [2.45, 2.75) is 32.5 Å². The van der Waals surface area contributed by atoms with Crippen LogP contribution in [0.5, 0.6) is 0 Å². The minimum absolute atomic E-state index is 0.122. The average Bonchev–Trinajstić information content (AvgIpc) is 2.68. The second-order valence-corrected chi connectivity index (χ2v) is 9.53. The van der Waals surface area contributed by atoms with Crippen LogP contribution in [0.15, 0.2) is 24.3 Å². The highest BCUT2D eigenvalue weighted by Crippen LogP contribution is 2.19. The van der Waals surface area contributed by atoms with Gasteiger partial charge in [-0.3, -0.25) is 4.79 Å². The molecule has 10 heteroatoms. The van der Waals surface area contributed by atoms with Gasteiger partial charge in [-0.05, 0) is 26.0 Å². The molecule has 2 atom stereocenters. The number of halogens is 1. The third-order valence-corrected chi connectivity index (χ3v) is 7.14. The topological polar surface area (TPSA) is 82.2 Å². The number of rotatable bonds is 6. The van der Waals surface area contributed by atoms with Gasteiger partial charge < -0.3 is 15.0 Å². The molecule has 1 amide bonds. The minimum atomic E-state index is -3.51. The highest BCUT2D eigenvalue weighted by atomic mass is 32.2. The summed E-state index contributed by atoms with van der Waals surface area (Å²) >= 11 is 0. The van der Waals surface area contributed by atoms with Crippen molar-refractivity contribution in [3.63, 3.8) is 0 Å². The van der Waals surface area contributed by atoms with Gasteiger partial charge in [0.15, 0.2) is 0 Å². The second kappa shape index (κ2) is 9.48. The van der Waals surface area contributed by atoms with Crippen LogP contribution in [0.1, 0.15) is 20.3 Å². The second-order valence-electron chi connectivity index (χ2n) is 7.60. The fourth-order valence-electron chi connectivity index (χ4n) is 3.70. The van der Waals surface area contributed by atoms with Crippen molar-refractivity contribution in [2.75, 3.05) is 51.1 Å². The largest absolute Gasteiger partial charge is 0.373 e. The zero-order valence-electron chi connectivity index (χ0n) is 16.9. The van der Waals surface area contributed by atoms with Gasteiger partial charge in [0.2, 0.25) is 5.91 Å². The molecule has 0 aliphatic carbocycles. The summed E-state index contributed by atoms with van der Waals surface area (Å²) in [6.07, 6.45) is -0.0231. The fraction of sp³-hybridized carbons (Fsp3) is 0.632. The van der Waals surface area contributed by atoms with Gasteiger partial charge in [-0.25, -0.2) is 4.39 Å². The standard InChI is InChI=1S/C19H29FN4O4S/c1-15-13-24(14-16(2)28-15)29(26,27)23-11-9-22(10-12-23)8-7-19(25)21-18-6-4-3-5-17(18)20/h3-6,15-16H,7-14H2,1-2H3,(H,21,25)/t15-,16-/m0/s1. The number of ether oxygens (including phenoxy) is 1. The third-order valence-electron chi connectivity index (χ3n) is 5.17. The fourth-order valence-corrected chi connectivity index (χ4v) is 5.45. The predicted octanol–water partition coefficient (Wildman–Crippen LogP) is 1.13. The molecule has 0 spiro atoms. The molecule has 1 N–H and O–H groups in total. The minimum Gasteiger partial charge on any atom is -0.373 e. The number of anilines is 1. The van der Waals surface area contributed by atoms with E-state index in [1.807, 2.05) is 13.8 Å². The van der Waals surface area contributed by atoms with E-state index in [9.17, 15) is 17.6 Å². The zero-order valence-corrected chi connectivity index (χ0v) is 17.7. The Bertz CT molecular complexity index is 804. The number of piperazine rings is 1. The number of nitrogens with zero attached hydrogens (tertiary/aromatic N) is 3. The monoisotopic (exact) mass is 428 g/mol. The summed E-state index contributed by atoms with van der Waals surface area (Å²) < 4.78 is 48.1. The van der Waals surface area contributed by atoms with Gasteiger partial charge >= 0.3 is 0 Å². The number of carbonyl (C=O) groups is 1. The maximum absolute atomic E-state index is 13.6. The van der Waals surface area contributed by atoms with E-state index in [0.717, 1.165) is 0 Å². The Morgan fingerprint density at radius 2 is 1.72 bits per heavy atom. The van der Waals surface area contributed by atoms with Crippen molar-refractivity contribution < 1.29 is 22.3 Å². The molecule has 1 aromatic rings. The van der Waals surface area contributed by atoms with Crippen LogP contribution in [0.25, 0.3) is 0 Å². The lowest BCUT2D eigenvalue weighted by Crippen LogP contribution is -2.57. The van der Waals surface area contributed by atoms with Crippen molar-refractivity contribution in [1.29, 1.82) is 0 Å². The molecule has 29 heavy (non-hydrogen) atoms. The number of hydrogen-bond donors (Lipinski definition) is 1. The first-order valence-electron chi connectivity index (χ1n) is 9.93. The van der Waals surface area contributed by atoms with Crippen LogP contribution >= 0.6 is 0 Å².